The molecule has 5 heteroatoms. The summed E-state index contributed by atoms with van der Waals surface area (Å²) in [4.78, 5) is 5.31. The van der Waals surface area contributed by atoms with Crippen molar-refractivity contribution in [2.45, 2.75) is 36.1 Å². The Morgan fingerprint density at radius 2 is 1.76 bits per heavy atom. The number of benzene rings is 1. The van der Waals surface area contributed by atoms with Gasteiger partial charge in [-0.1, -0.05) is 39.0 Å². The van der Waals surface area contributed by atoms with Crippen LogP contribution in [0.25, 0.3) is 5.65 Å². The van der Waals surface area contributed by atoms with Crippen molar-refractivity contribution in [1.82, 2.24) is 14.6 Å². The summed E-state index contributed by atoms with van der Waals surface area (Å²) >= 11 is 0. The van der Waals surface area contributed by atoms with Crippen LogP contribution in [-0.4, -0.2) is 18.8 Å². The number of hydrogen-bond donors (Lipinski definition) is 0. The number of rotatable bonds is 2. The lowest BCUT2D eigenvalue weighted by molar-refractivity contribution is 0.572. The Balaban J connectivity index is 2.03. The molecule has 0 saturated heterocycles. The van der Waals surface area contributed by atoms with E-state index in [0.717, 1.165) is 16.2 Å². The first kappa shape index (κ1) is 13.9. The normalized spacial score (nSPS) is 13.5. The molecule has 0 bridgehead atoms. The Bertz CT molecular complexity index is 803. The molecule has 0 aliphatic carbocycles. The van der Waals surface area contributed by atoms with Crippen molar-refractivity contribution in [2.75, 3.05) is 0 Å². The average Bonchev–Trinajstić information content (AvgIpc) is 2.90. The van der Waals surface area contributed by atoms with Gasteiger partial charge >= 0.3 is 0 Å². The van der Waals surface area contributed by atoms with E-state index in [0.29, 0.717) is 5.03 Å². The van der Waals surface area contributed by atoms with Crippen molar-refractivity contribution >= 4 is 16.4 Å². The summed E-state index contributed by atoms with van der Waals surface area (Å²) in [6, 6.07) is 13.0. The van der Waals surface area contributed by atoms with Crippen molar-refractivity contribution in [1.29, 1.82) is 0 Å². The topological polar surface area (TPSA) is 47.3 Å². The third-order valence-electron chi connectivity index (χ3n) is 3.21. The van der Waals surface area contributed by atoms with Crippen LogP contribution < -0.4 is 0 Å². The second kappa shape index (κ2) is 5.07. The fourth-order valence-electron chi connectivity index (χ4n) is 1.99. The van der Waals surface area contributed by atoms with Crippen LogP contribution in [0.3, 0.4) is 0 Å². The standard InChI is InChI=1S/C16H17N3OS/c1-16(2,3)13-11-19-14(17-13)9-10-15(18-19)21(20)12-7-5-4-6-8-12/h4-11H,1-3H3. The monoisotopic (exact) mass is 299 g/mol. The highest BCUT2D eigenvalue weighted by Gasteiger charge is 2.18. The molecule has 1 atom stereocenters. The summed E-state index contributed by atoms with van der Waals surface area (Å²) in [7, 11) is -1.27. The highest BCUT2D eigenvalue weighted by atomic mass is 32.2. The predicted molar refractivity (Wildman–Crippen MR) is 82.8 cm³/mol. The molecule has 4 nitrogen and oxygen atoms in total. The first-order chi connectivity index (χ1) is 9.95. The van der Waals surface area contributed by atoms with Crippen LogP contribution in [-0.2, 0) is 16.2 Å². The van der Waals surface area contributed by atoms with Crippen LogP contribution in [0.5, 0.6) is 0 Å². The fourth-order valence-corrected chi connectivity index (χ4v) is 2.99. The lowest BCUT2D eigenvalue weighted by Gasteiger charge is -2.13. The van der Waals surface area contributed by atoms with Gasteiger partial charge in [0.1, 0.15) is 10.8 Å². The molecule has 0 N–H and O–H groups in total. The third-order valence-corrected chi connectivity index (χ3v) is 4.51. The molecule has 2 heterocycles. The maximum absolute atomic E-state index is 12.5. The minimum Gasteiger partial charge on any atom is -0.247 e. The van der Waals surface area contributed by atoms with E-state index in [1.54, 1.807) is 10.6 Å². The van der Waals surface area contributed by atoms with E-state index in [2.05, 4.69) is 30.9 Å². The zero-order valence-corrected chi connectivity index (χ0v) is 13.1. The van der Waals surface area contributed by atoms with Gasteiger partial charge < -0.3 is 0 Å². The molecule has 0 spiro atoms. The molecule has 1 unspecified atom stereocenters. The summed E-state index contributed by atoms with van der Waals surface area (Å²) in [5, 5.41) is 4.97. The number of imidazole rings is 1. The molecule has 21 heavy (non-hydrogen) atoms. The van der Waals surface area contributed by atoms with Gasteiger partial charge in [0.15, 0.2) is 10.7 Å². The van der Waals surface area contributed by atoms with Crippen molar-refractivity contribution in [3.05, 3.63) is 54.4 Å². The zero-order valence-electron chi connectivity index (χ0n) is 12.3. The van der Waals surface area contributed by atoms with E-state index >= 15 is 0 Å². The molecule has 3 aromatic rings. The van der Waals surface area contributed by atoms with Gasteiger partial charge in [0.05, 0.1) is 11.9 Å². The Hall–Kier alpha value is -2.01. The third kappa shape index (κ3) is 2.74. The zero-order chi connectivity index (χ0) is 15.0. The number of fused-ring (bicyclic) bond motifs is 1. The Morgan fingerprint density at radius 1 is 1.05 bits per heavy atom. The van der Waals surface area contributed by atoms with E-state index in [1.165, 1.54) is 0 Å². The van der Waals surface area contributed by atoms with Crippen molar-refractivity contribution < 1.29 is 4.21 Å². The van der Waals surface area contributed by atoms with Crippen LogP contribution in [0.1, 0.15) is 26.5 Å². The van der Waals surface area contributed by atoms with Gasteiger partial charge in [-0.25, -0.2) is 13.7 Å². The van der Waals surface area contributed by atoms with Crippen LogP contribution in [0.4, 0.5) is 0 Å². The summed E-state index contributed by atoms with van der Waals surface area (Å²) in [6.45, 7) is 6.33. The van der Waals surface area contributed by atoms with Crippen molar-refractivity contribution in [3.8, 4) is 0 Å². The second-order valence-corrected chi connectivity index (χ2v) is 7.36. The fraction of sp³-hybridized carbons (Fsp3) is 0.250. The number of hydrogen-bond acceptors (Lipinski definition) is 3. The Morgan fingerprint density at radius 3 is 2.43 bits per heavy atom. The molecule has 1 aromatic carbocycles. The molecule has 0 aliphatic rings. The largest absolute Gasteiger partial charge is 0.247 e. The SMILES string of the molecule is CC(C)(C)c1cn2nc(S(=O)c3ccccc3)ccc2n1. The smallest absolute Gasteiger partial charge is 0.153 e. The quantitative estimate of drug-likeness (QED) is 0.730. The van der Waals surface area contributed by atoms with Crippen LogP contribution >= 0.6 is 0 Å². The van der Waals surface area contributed by atoms with E-state index in [4.69, 9.17) is 0 Å². The maximum atomic E-state index is 12.5. The Labute approximate surface area is 126 Å². The molecule has 0 amide bonds. The molecule has 108 valence electrons. The van der Waals surface area contributed by atoms with Gasteiger partial charge in [0.2, 0.25) is 0 Å². The second-order valence-electron chi connectivity index (χ2n) is 5.93. The first-order valence-electron chi connectivity index (χ1n) is 6.79. The van der Waals surface area contributed by atoms with Crippen LogP contribution in [0, 0.1) is 0 Å². The van der Waals surface area contributed by atoms with Crippen LogP contribution in [0.15, 0.2) is 58.6 Å². The van der Waals surface area contributed by atoms with Gasteiger partial charge in [-0.2, -0.15) is 5.10 Å². The molecular formula is C16H17N3OS. The lowest BCUT2D eigenvalue weighted by Crippen LogP contribution is -2.11. The average molecular weight is 299 g/mol. The van der Waals surface area contributed by atoms with Gasteiger partial charge in [-0.05, 0) is 24.3 Å². The molecular weight excluding hydrogens is 282 g/mol. The summed E-state index contributed by atoms with van der Waals surface area (Å²) < 4.78 is 14.2. The van der Waals surface area contributed by atoms with E-state index in [1.807, 2.05) is 42.6 Å². The molecule has 0 aliphatic heterocycles. The minimum atomic E-state index is -1.27. The first-order valence-corrected chi connectivity index (χ1v) is 7.94. The highest BCUT2D eigenvalue weighted by Crippen LogP contribution is 2.22. The van der Waals surface area contributed by atoms with Crippen molar-refractivity contribution in [2.24, 2.45) is 0 Å². The molecule has 0 radical (unpaired) electrons. The van der Waals surface area contributed by atoms with Gasteiger partial charge in [0.25, 0.3) is 0 Å². The highest BCUT2D eigenvalue weighted by molar-refractivity contribution is 7.85. The molecule has 0 saturated carbocycles. The van der Waals surface area contributed by atoms with E-state index in [9.17, 15) is 4.21 Å². The predicted octanol–water partition coefficient (Wildman–Crippen LogP) is 3.19. The molecule has 0 fully saturated rings. The van der Waals surface area contributed by atoms with Gasteiger partial charge in [0, 0.05) is 10.3 Å². The summed E-state index contributed by atoms with van der Waals surface area (Å²) in [5.74, 6) is 0. The van der Waals surface area contributed by atoms with E-state index < -0.39 is 10.8 Å². The number of nitrogens with zero attached hydrogens (tertiary/aromatic N) is 3. The minimum absolute atomic E-state index is 0.0353. The number of aromatic nitrogens is 3. The lowest BCUT2D eigenvalue weighted by atomic mass is 9.93. The Kier molecular flexibility index (Phi) is 3.37. The molecule has 3 rings (SSSR count). The molecule has 2 aromatic heterocycles. The summed E-state index contributed by atoms with van der Waals surface area (Å²) in [6.07, 6.45) is 1.90. The van der Waals surface area contributed by atoms with Gasteiger partial charge in [-0.15, -0.1) is 0 Å². The van der Waals surface area contributed by atoms with Crippen molar-refractivity contribution in [3.63, 3.8) is 0 Å². The van der Waals surface area contributed by atoms with E-state index in [-0.39, 0.29) is 5.41 Å². The summed E-state index contributed by atoms with van der Waals surface area (Å²) in [5.41, 5.74) is 1.71. The van der Waals surface area contributed by atoms with Crippen LogP contribution in [0.2, 0.25) is 0 Å². The van der Waals surface area contributed by atoms with Gasteiger partial charge in [-0.3, -0.25) is 0 Å². The maximum Gasteiger partial charge on any atom is 0.153 e.